The van der Waals surface area contributed by atoms with Crippen molar-refractivity contribution in [2.45, 2.75) is 68.3 Å². The van der Waals surface area contributed by atoms with Crippen LogP contribution in [0.3, 0.4) is 0 Å². The minimum absolute atomic E-state index is 0.131. The number of alkyl halides is 3. The van der Waals surface area contributed by atoms with Crippen LogP contribution >= 0.6 is 11.8 Å². The van der Waals surface area contributed by atoms with Gasteiger partial charge in [-0.25, -0.2) is 0 Å². The van der Waals surface area contributed by atoms with Gasteiger partial charge < -0.3 is 5.32 Å². The monoisotopic (exact) mass is 346 g/mol. The van der Waals surface area contributed by atoms with Crippen LogP contribution in [0.1, 0.15) is 51.9 Å². The van der Waals surface area contributed by atoms with E-state index in [1.54, 1.807) is 0 Å². The number of hydrogen-bond donors (Lipinski definition) is 1. The second kappa shape index (κ2) is 4.90. The molecule has 1 unspecified atom stereocenters. The molecule has 0 aromatic rings. The minimum Gasteiger partial charge on any atom is -0.304 e. The van der Waals surface area contributed by atoms with Gasteiger partial charge in [-0.2, -0.15) is 13.2 Å². The molecule has 5 rings (SSSR count). The molecule has 1 N–H and O–H groups in total. The first-order valence-corrected chi connectivity index (χ1v) is 9.14. The minimum atomic E-state index is -4.35. The third-order valence-electron chi connectivity index (χ3n) is 5.91. The lowest BCUT2D eigenvalue weighted by Crippen LogP contribution is -2.50. The number of rotatable bonds is 2. The molecule has 128 valence electrons. The molecule has 1 amide bonds. The van der Waals surface area contributed by atoms with Crippen molar-refractivity contribution in [3.05, 3.63) is 0 Å². The molecule has 5 aliphatic rings. The Morgan fingerprint density at radius 1 is 1.17 bits per heavy atom. The fourth-order valence-electron chi connectivity index (χ4n) is 5.48. The van der Waals surface area contributed by atoms with Gasteiger partial charge in [-0.3, -0.25) is 9.79 Å². The van der Waals surface area contributed by atoms with E-state index in [0.29, 0.717) is 22.9 Å². The quantitative estimate of drug-likeness (QED) is 0.824. The summed E-state index contributed by atoms with van der Waals surface area (Å²) in [5, 5.41) is 3.02. The third kappa shape index (κ3) is 2.89. The number of hydrogen-bond acceptors (Lipinski definition) is 3. The topological polar surface area (TPSA) is 41.5 Å². The summed E-state index contributed by atoms with van der Waals surface area (Å²) in [5.74, 6) is 1.58. The van der Waals surface area contributed by atoms with Crippen LogP contribution < -0.4 is 5.32 Å². The number of thioether (sulfide) groups is 1. The molecule has 23 heavy (non-hydrogen) atoms. The highest BCUT2D eigenvalue weighted by Crippen LogP contribution is 2.57. The molecule has 4 aliphatic carbocycles. The van der Waals surface area contributed by atoms with Crippen LogP contribution in [-0.2, 0) is 4.79 Å². The third-order valence-corrected chi connectivity index (χ3v) is 7.07. The summed E-state index contributed by atoms with van der Waals surface area (Å²) in [4.78, 5) is 16.9. The zero-order valence-electron chi connectivity index (χ0n) is 13.1. The van der Waals surface area contributed by atoms with Gasteiger partial charge in [-0.1, -0.05) is 11.8 Å². The summed E-state index contributed by atoms with van der Waals surface area (Å²) in [6, 6.07) is 0. The molecule has 5 fully saturated rings. The van der Waals surface area contributed by atoms with Gasteiger partial charge in [0.05, 0.1) is 12.0 Å². The van der Waals surface area contributed by atoms with Gasteiger partial charge in [-0.15, -0.1) is 0 Å². The highest BCUT2D eigenvalue weighted by molar-refractivity contribution is 8.16. The van der Waals surface area contributed by atoms with Crippen molar-refractivity contribution in [3.8, 4) is 0 Å². The molecular formula is C16H21F3N2OS. The summed E-state index contributed by atoms with van der Waals surface area (Å²) >= 11 is 0.966. The number of halogens is 3. The van der Waals surface area contributed by atoms with E-state index in [-0.39, 0.29) is 5.54 Å². The lowest BCUT2D eigenvalue weighted by molar-refractivity contribution is -0.148. The van der Waals surface area contributed by atoms with Crippen LogP contribution in [0.25, 0.3) is 0 Å². The molecule has 3 nitrogen and oxygen atoms in total. The van der Waals surface area contributed by atoms with Crippen LogP contribution in [0.15, 0.2) is 4.99 Å². The van der Waals surface area contributed by atoms with E-state index in [4.69, 9.17) is 4.99 Å². The smallest absolute Gasteiger partial charge is 0.304 e. The predicted octanol–water partition coefficient (Wildman–Crippen LogP) is 3.89. The Labute approximate surface area is 137 Å². The normalized spacial score (nSPS) is 47.4. The summed E-state index contributed by atoms with van der Waals surface area (Å²) in [6.45, 7) is 1.36. The molecule has 1 heterocycles. The molecule has 7 heteroatoms. The molecular weight excluding hydrogens is 325 g/mol. The first kappa shape index (κ1) is 15.8. The van der Waals surface area contributed by atoms with E-state index in [2.05, 4.69) is 5.32 Å². The maximum Gasteiger partial charge on any atom is 0.390 e. The van der Waals surface area contributed by atoms with Gasteiger partial charge in [0, 0.05) is 0 Å². The number of amidine groups is 1. The first-order chi connectivity index (χ1) is 10.6. The Bertz CT molecular complexity index is 539. The van der Waals surface area contributed by atoms with Gasteiger partial charge in [0.15, 0.2) is 5.17 Å². The van der Waals surface area contributed by atoms with Crippen molar-refractivity contribution in [2.24, 2.45) is 22.7 Å². The number of carbonyl (C=O) groups is 1. The standard InChI is InChI=1S/C16H21F3N2OS/c1-14(8-16(17,18)19)12(22)20-13(23-14)21-15-5-9-2-10(6-15)4-11(3-9)7-15/h9-11H,2-8H2,1H3,(H,20,21,22). The number of carbonyl (C=O) groups excluding carboxylic acids is 1. The van der Waals surface area contributed by atoms with Crippen molar-refractivity contribution < 1.29 is 18.0 Å². The van der Waals surface area contributed by atoms with Gasteiger partial charge in [0.2, 0.25) is 5.91 Å². The zero-order chi connectivity index (χ0) is 16.5. The second-order valence-electron chi connectivity index (χ2n) is 8.14. The van der Waals surface area contributed by atoms with E-state index in [0.717, 1.165) is 31.0 Å². The second-order valence-corrected chi connectivity index (χ2v) is 9.63. The average Bonchev–Trinajstić information content (AvgIpc) is 2.58. The lowest BCUT2D eigenvalue weighted by Gasteiger charge is -2.55. The summed E-state index contributed by atoms with van der Waals surface area (Å²) in [5.41, 5.74) is -0.131. The molecule has 0 aromatic heterocycles. The number of aliphatic imine (C=N–C) groups is 1. The number of nitrogens with one attached hydrogen (secondary N) is 1. The van der Waals surface area contributed by atoms with Crippen molar-refractivity contribution in [1.82, 2.24) is 5.32 Å². The molecule has 1 atom stereocenters. The van der Waals surface area contributed by atoms with Crippen LogP contribution in [0.2, 0.25) is 0 Å². The van der Waals surface area contributed by atoms with Crippen LogP contribution in [0.4, 0.5) is 13.2 Å². The Morgan fingerprint density at radius 3 is 2.17 bits per heavy atom. The van der Waals surface area contributed by atoms with Gasteiger partial charge in [0.1, 0.15) is 4.75 Å². The highest BCUT2D eigenvalue weighted by Gasteiger charge is 2.54. The fraction of sp³-hybridized carbons (Fsp3) is 0.875. The Kier molecular flexibility index (Phi) is 3.36. The molecule has 0 aromatic carbocycles. The molecule has 0 radical (unpaired) electrons. The largest absolute Gasteiger partial charge is 0.390 e. The van der Waals surface area contributed by atoms with Crippen LogP contribution in [0, 0.1) is 17.8 Å². The van der Waals surface area contributed by atoms with E-state index in [1.165, 1.54) is 26.2 Å². The van der Waals surface area contributed by atoms with Crippen LogP contribution in [-0.4, -0.2) is 27.5 Å². The highest BCUT2D eigenvalue weighted by atomic mass is 32.2. The maximum atomic E-state index is 12.7. The van der Waals surface area contributed by atoms with E-state index >= 15 is 0 Å². The SMILES string of the molecule is CC1(CC(F)(F)F)SC(=NC23CC4CC(CC(C4)C2)C3)NC1=O. The number of amides is 1. The first-order valence-electron chi connectivity index (χ1n) is 8.32. The number of nitrogens with zero attached hydrogens (tertiary/aromatic N) is 1. The summed E-state index contributed by atoms with van der Waals surface area (Å²) in [7, 11) is 0. The molecule has 1 aliphatic heterocycles. The van der Waals surface area contributed by atoms with Crippen LogP contribution in [0.5, 0.6) is 0 Å². The van der Waals surface area contributed by atoms with E-state index in [1.807, 2.05) is 0 Å². The van der Waals surface area contributed by atoms with Crippen molar-refractivity contribution in [1.29, 1.82) is 0 Å². The zero-order valence-corrected chi connectivity index (χ0v) is 13.9. The Morgan fingerprint density at radius 2 is 1.70 bits per heavy atom. The van der Waals surface area contributed by atoms with Crippen molar-refractivity contribution in [2.75, 3.05) is 0 Å². The molecule has 1 saturated heterocycles. The Hall–Kier alpha value is -0.720. The van der Waals surface area contributed by atoms with E-state index in [9.17, 15) is 18.0 Å². The maximum absolute atomic E-state index is 12.7. The Balaban J connectivity index is 1.55. The van der Waals surface area contributed by atoms with Gasteiger partial charge in [-0.05, 0) is 63.2 Å². The predicted molar refractivity (Wildman–Crippen MR) is 83.1 cm³/mol. The average molecular weight is 346 g/mol. The fourth-order valence-corrected chi connectivity index (χ4v) is 6.67. The van der Waals surface area contributed by atoms with Crippen molar-refractivity contribution >= 4 is 22.8 Å². The molecule has 0 spiro atoms. The van der Waals surface area contributed by atoms with Crippen molar-refractivity contribution in [3.63, 3.8) is 0 Å². The van der Waals surface area contributed by atoms with Gasteiger partial charge >= 0.3 is 6.18 Å². The lowest BCUT2D eigenvalue weighted by atomic mass is 9.53. The van der Waals surface area contributed by atoms with Gasteiger partial charge in [0.25, 0.3) is 0 Å². The molecule has 4 saturated carbocycles. The van der Waals surface area contributed by atoms with E-state index < -0.39 is 23.3 Å². The summed E-state index contributed by atoms with van der Waals surface area (Å²) < 4.78 is 36.7. The summed E-state index contributed by atoms with van der Waals surface area (Å²) in [6.07, 6.45) is 1.50. The molecule has 4 bridgehead atoms.